The van der Waals surface area contributed by atoms with Crippen LogP contribution < -0.4 is 27.8 Å². The van der Waals surface area contributed by atoms with Gasteiger partial charge in [-0.25, -0.2) is 0 Å². The predicted octanol–water partition coefficient (Wildman–Crippen LogP) is -1.30. The normalized spacial score (nSPS) is 37.8. The smallest absolute Gasteiger partial charge is 0.220 e. The van der Waals surface area contributed by atoms with Crippen LogP contribution in [0, 0.1) is 0 Å². The molecule has 12 nitrogen and oxygen atoms in total. The zero-order valence-electron chi connectivity index (χ0n) is 22.6. The van der Waals surface area contributed by atoms with Gasteiger partial charge in [0.05, 0.1) is 30.4 Å². The Bertz CT molecular complexity index is 770. The van der Waals surface area contributed by atoms with Crippen LogP contribution in [0.1, 0.15) is 64.7 Å². The monoisotopic (exact) mass is 543 g/mol. The minimum atomic E-state index is -1.17. The van der Waals surface area contributed by atoms with E-state index >= 15 is 0 Å². The SMILES string of the molecule is C[C@]1(O)CC[C@H](O[C@@H]2[C@@H](O)[C@H](O[C@@H]3CCC=C(CNCCCN)O3)[C@@H](N)C[C@H]2NC(=O)CCCN)[C@H](O)C1. The van der Waals surface area contributed by atoms with Gasteiger partial charge >= 0.3 is 0 Å². The van der Waals surface area contributed by atoms with Gasteiger partial charge in [0, 0.05) is 25.3 Å². The van der Waals surface area contributed by atoms with Crippen molar-refractivity contribution in [3.8, 4) is 0 Å². The Morgan fingerprint density at radius 2 is 1.95 bits per heavy atom. The number of carbonyl (C=O) groups excluding carboxylic acids is 1. The van der Waals surface area contributed by atoms with Crippen molar-refractivity contribution < 1.29 is 34.3 Å². The molecule has 0 unspecified atom stereocenters. The van der Waals surface area contributed by atoms with Gasteiger partial charge in [-0.15, -0.1) is 0 Å². The van der Waals surface area contributed by atoms with E-state index in [0.29, 0.717) is 51.7 Å². The first-order valence-electron chi connectivity index (χ1n) is 14.0. The number of amides is 1. The zero-order valence-corrected chi connectivity index (χ0v) is 22.6. The highest BCUT2D eigenvalue weighted by molar-refractivity contribution is 5.76. The highest BCUT2D eigenvalue weighted by Crippen LogP contribution is 2.34. The van der Waals surface area contributed by atoms with Crippen LogP contribution in [0.25, 0.3) is 0 Å². The van der Waals surface area contributed by atoms with Crippen LogP contribution in [-0.2, 0) is 19.0 Å². The Balaban J connectivity index is 1.67. The van der Waals surface area contributed by atoms with E-state index in [2.05, 4.69) is 10.6 Å². The molecule has 0 aromatic heterocycles. The maximum atomic E-state index is 12.5. The number of aliphatic hydroxyl groups is 3. The average Bonchev–Trinajstić information content (AvgIpc) is 2.86. The number of hydrogen-bond donors (Lipinski definition) is 8. The van der Waals surface area contributed by atoms with Gasteiger partial charge in [-0.3, -0.25) is 4.79 Å². The van der Waals surface area contributed by atoms with E-state index < -0.39 is 54.5 Å². The minimum absolute atomic E-state index is 0.164. The molecule has 9 atom stereocenters. The van der Waals surface area contributed by atoms with E-state index in [1.807, 2.05) is 6.08 Å². The van der Waals surface area contributed by atoms with Crippen molar-refractivity contribution in [2.45, 2.75) is 119 Å². The molecule has 0 aromatic carbocycles. The summed E-state index contributed by atoms with van der Waals surface area (Å²) in [6, 6.07) is -1.16. The van der Waals surface area contributed by atoms with E-state index in [9.17, 15) is 20.1 Å². The summed E-state index contributed by atoms with van der Waals surface area (Å²) in [4.78, 5) is 12.5. The van der Waals surface area contributed by atoms with E-state index in [0.717, 1.165) is 25.1 Å². The Morgan fingerprint density at radius 1 is 1.18 bits per heavy atom. The number of nitrogens with one attached hydrogen (secondary N) is 2. The van der Waals surface area contributed by atoms with Crippen LogP contribution in [0.3, 0.4) is 0 Å². The molecular formula is C26H49N5O7. The number of allylic oxidation sites excluding steroid dienone is 1. The third kappa shape index (κ3) is 9.10. The minimum Gasteiger partial charge on any atom is -0.468 e. The molecule has 1 heterocycles. The molecule has 0 bridgehead atoms. The zero-order chi connectivity index (χ0) is 27.7. The average molecular weight is 544 g/mol. The summed E-state index contributed by atoms with van der Waals surface area (Å²) >= 11 is 0. The van der Waals surface area contributed by atoms with Crippen molar-refractivity contribution in [3.05, 3.63) is 11.8 Å². The second kappa shape index (κ2) is 14.9. The molecular weight excluding hydrogens is 494 g/mol. The highest BCUT2D eigenvalue weighted by Gasteiger charge is 2.48. The Morgan fingerprint density at radius 3 is 2.66 bits per heavy atom. The summed E-state index contributed by atoms with van der Waals surface area (Å²) in [6.07, 6.45) is 1.50. The van der Waals surface area contributed by atoms with Gasteiger partial charge < -0.3 is 57.4 Å². The molecule has 38 heavy (non-hydrogen) atoms. The molecule has 1 amide bonds. The molecule has 0 aromatic rings. The molecule has 2 saturated carbocycles. The molecule has 220 valence electrons. The number of ether oxygens (including phenoxy) is 3. The molecule has 2 aliphatic carbocycles. The van der Waals surface area contributed by atoms with Crippen molar-refractivity contribution >= 4 is 5.91 Å². The molecule has 11 N–H and O–H groups in total. The lowest BCUT2D eigenvalue weighted by molar-refractivity contribution is -0.235. The van der Waals surface area contributed by atoms with Crippen LogP contribution in [0.15, 0.2) is 11.8 Å². The van der Waals surface area contributed by atoms with Crippen molar-refractivity contribution in [2.75, 3.05) is 26.2 Å². The van der Waals surface area contributed by atoms with Gasteiger partial charge in [-0.1, -0.05) is 0 Å². The second-order valence-electron chi connectivity index (χ2n) is 11.1. The lowest BCUT2D eigenvalue weighted by Crippen LogP contribution is -2.66. The van der Waals surface area contributed by atoms with Gasteiger partial charge in [-0.2, -0.15) is 0 Å². The Labute approximate surface area is 225 Å². The van der Waals surface area contributed by atoms with Crippen molar-refractivity contribution in [1.82, 2.24) is 10.6 Å². The summed E-state index contributed by atoms with van der Waals surface area (Å²) in [5, 5.41) is 38.7. The first-order chi connectivity index (χ1) is 18.1. The first kappa shape index (κ1) is 31.2. The van der Waals surface area contributed by atoms with Gasteiger partial charge in [0.2, 0.25) is 5.91 Å². The lowest BCUT2D eigenvalue weighted by atomic mass is 9.81. The summed E-state index contributed by atoms with van der Waals surface area (Å²) in [5.41, 5.74) is 16.6. The third-order valence-electron chi connectivity index (χ3n) is 7.57. The lowest BCUT2D eigenvalue weighted by Gasteiger charge is -2.47. The maximum Gasteiger partial charge on any atom is 0.220 e. The van der Waals surface area contributed by atoms with Crippen LogP contribution in [0.2, 0.25) is 0 Å². The molecule has 0 radical (unpaired) electrons. The van der Waals surface area contributed by atoms with Gasteiger partial charge in [-0.05, 0) is 71.2 Å². The molecule has 0 spiro atoms. The highest BCUT2D eigenvalue weighted by atomic mass is 16.7. The van der Waals surface area contributed by atoms with E-state index in [1.165, 1.54) is 0 Å². The van der Waals surface area contributed by atoms with Gasteiger partial charge in [0.1, 0.15) is 24.1 Å². The molecule has 12 heteroatoms. The fraction of sp³-hybridized carbons (Fsp3) is 0.885. The number of carbonyl (C=O) groups is 1. The number of aliphatic hydroxyl groups excluding tert-OH is 2. The van der Waals surface area contributed by atoms with E-state index in [-0.39, 0.29) is 18.7 Å². The van der Waals surface area contributed by atoms with Crippen LogP contribution in [-0.4, -0.2) is 102 Å². The maximum absolute atomic E-state index is 12.5. The van der Waals surface area contributed by atoms with Crippen molar-refractivity contribution in [3.63, 3.8) is 0 Å². The topological polar surface area (TPSA) is 208 Å². The Hall–Kier alpha value is -1.35. The summed E-state index contributed by atoms with van der Waals surface area (Å²) in [5.74, 6) is 0.569. The summed E-state index contributed by atoms with van der Waals surface area (Å²) in [6.45, 7) is 4.04. The number of rotatable bonds is 13. The van der Waals surface area contributed by atoms with Crippen LogP contribution in [0.4, 0.5) is 0 Å². The van der Waals surface area contributed by atoms with Crippen LogP contribution in [0.5, 0.6) is 0 Å². The van der Waals surface area contributed by atoms with E-state index in [4.69, 9.17) is 31.4 Å². The standard InChI is InChI=1S/C26H49N5O7/c1-26(35)9-8-20(19(32)14-26)37-25-18(31-21(33)6-3-10-27)13-17(29)24(23(25)34)38-22-7-2-5-16(36-22)15-30-12-4-11-28/h5,17-20,22-25,30,32,34-35H,2-4,6-15,27-29H2,1H3,(H,31,33)/t17-,18+,19+,20-,22+,23-,24+,25-,26-/m0/s1. The first-order valence-corrected chi connectivity index (χ1v) is 14.0. The fourth-order valence-corrected chi connectivity index (χ4v) is 5.45. The van der Waals surface area contributed by atoms with Gasteiger partial charge in [0.15, 0.2) is 6.29 Å². The summed E-state index contributed by atoms with van der Waals surface area (Å²) in [7, 11) is 0. The molecule has 3 rings (SSSR count). The molecule has 3 aliphatic rings. The number of nitrogens with two attached hydrogens (primary N) is 3. The quantitative estimate of drug-likeness (QED) is 0.128. The second-order valence-corrected chi connectivity index (χ2v) is 11.1. The molecule has 2 fully saturated rings. The van der Waals surface area contributed by atoms with E-state index in [1.54, 1.807) is 6.92 Å². The van der Waals surface area contributed by atoms with Crippen molar-refractivity contribution in [1.29, 1.82) is 0 Å². The summed E-state index contributed by atoms with van der Waals surface area (Å²) < 4.78 is 18.5. The van der Waals surface area contributed by atoms with Crippen molar-refractivity contribution in [2.24, 2.45) is 17.2 Å². The molecule has 0 saturated heterocycles. The van der Waals surface area contributed by atoms with Crippen LogP contribution >= 0.6 is 0 Å². The largest absolute Gasteiger partial charge is 0.468 e. The number of hydrogen-bond acceptors (Lipinski definition) is 11. The van der Waals surface area contributed by atoms with Gasteiger partial charge in [0.25, 0.3) is 0 Å². The predicted molar refractivity (Wildman–Crippen MR) is 142 cm³/mol. The molecule has 1 aliphatic heterocycles. The Kier molecular flexibility index (Phi) is 12.2. The third-order valence-corrected chi connectivity index (χ3v) is 7.57. The fourth-order valence-electron chi connectivity index (χ4n) is 5.45.